The van der Waals surface area contributed by atoms with Crippen LogP contribution in [-0.2, 0) is 14.4 Å². The summed E-state index contributed by atoms with van der Waals surface area (Å²) in [6.07, 6.45) is 1.32. The summed E-state index contributed by atoms with van der Waals surface area (Å²) < 4.78 is 0. The molecule has 1 atom stereocenters. The summed E-state index contributed by atoms with van der Waals surface area (Å²) in [7, 11) is 0. The SMILES string of the molecule is C=CC(=O)NC(O)(C(=O)O)C(=O)C=C. The molecule has 0 aromatic rings. The zero-order valence-electron chi connectivity index (χ0n) is 7.19. The lowest BCUT2D eigenvalue weighted by atomic mass is 10.1. The largest absolute Gasteiger partial charge is 0.477 e. The van der Waals surface area contributed by atoms with Crippen molar-refractivity contribution in [2.75, 3.05) is 0 Å². The fourth-order valence-electron chi connectivity index (χ4n) is 0.597. The molecule has 0 spiro atoms. The second-order valence-electron chi connectivity index (χ2n) is 2.28. The second-order valence-corrected chi connectivity index (χ2v) is 2.28. The molecule has 0 aromatic carbocycles. The number of hydrogen-bond acceptors (Lipinski definition) is 4. The van der Waals surface area contributed by atoms with Crippen LogP contribution in [0.15, 0.2) is 25.3 Å². The smallest absolute Gasteiger partial charge is 0.365 e. The van der Waals surface area contributed by atoms with Crippen LogP contribution < -0.4 is 5.32 Å². The Morgan fingerprint density at radius 2 is 1.71 bits per heavy atom. The monoisotopic (exact) mass is 199 g/mol. The van der Waals surface area contributed by atoms with Crippen molar-refractivity contribution < 1.29 is 24.6 Å². The molecule has 1 amide bonds. The second kappa shape index (κ2) is 4.33. The van der Waals surface area contributed by atoms with Crippen molar-refractivity contribution in [1.82, 2.24) is 5.32 Å². The van der Waals surface area contributed by atoms with Crippen molar-refractivity contribution in [3.8, 4) is 0 Å². The van der Waals surface area contributed by atoms with Crippen molar-refractivity contribution in [2.45, 2.75) is 5.72 Å². The van der Waals surface area contributed by atoms with Crippen LogP contribution in [-0.4, -0.2) is 33.6 Å². The lowest BCUT2D eigenvalue weighted by Crippen LogP contribution is -2.59. The molecule has 0 saturated heterocycles. The number of carbonyl (C=O) groups excluding carboxylic acids is 2. The molecule has 0 fully saturated rings. The van der Waals surface area contributed by atoms with E-state index in [1.54, 1.807) is 5.32 Å². The van der Waals surface area contributed by atoms with Gasteiger partial charge in [-0.2, -0.15) is 0 Å². The van der Waals surface area contributed by atoms with Crippen molar-refractivity contribution in [3.63, 3.8) is 0 Å². The minimum absolute atomic E-state index is 0.595. The van der Waals surface area contributed by atoms with Gasteiger partial charge < -0.3 is 15.5 Å². The van der Waals surface area contributed by atoms with Crippen LogP contribution in [0.2, 0.25) is 0 Å². The molecule has 0 radical (unpaired) electrons. The van der Waals surface area contributed by atoms with Crippen molar-refractivity contribution in [2.24, 2.45) is 0 Å². The number of aliphatic hydroxyl groups is 1. The molecule has 6 heteroatoms. The Morgan fingerprint density at radius 3 is 2.00 bits per heavy atom. The number of carboxylic acids is 1. The Morgan fingerprint density at radius 1 is 1.21 bits per heavy atom. The molecule has 76 valence electrons. The maximum atomic E-state index is 10.9. The molecule has 0 saturated carbocycles. The Kier molecular flexibility index (Phi) is 3.73. The average Bonchev–Trinajstić information content (AvgIpc) is 2.15. The van der Waals surface area contributed by atoms with Crippen LogP contribution in [0, 0.1) is 0 Å². The quantitative estimate of drug-likeness (QED) is 0.293. The number of rotatable bonds is 5. The molecule has 0 bridgehead atoms. The van der Waals surface area contributed by atoms with Crippen molar-refractivity contribution >= 4 is 17.7 Å². The van der Waals surface area contributed by atoms with Crippen LogP contribution in [0.4, 0.5) is 0 Å². The van der Waals surface area contributed by atoms with E-state index in [1.807, 2.05) is 0 Å². The third-order valence-electron chi connectivity index (χ3n) is 1.34. The molecule has 3 N–H and O–H groups in total. The summed E-state index contributed by atoms with van der Waals surface area (Å²) in [6, 6.07) is 0. The molecule has 6 nitrogen and oxygen atoms in total. The lowest BCUT2D eigenvalue weighted by molar-refractivity contribution is -0.169. The van der Waals surface area contributed by atoms with E-state index in [4.69, 9.17) is 5.11 Å². The van der Waals surface area contributed by atoms with Crippen LogP contribution in [0.25, 0.3) is 0 Å². The highest BCUT2D eigenvalue weighted by Crippen LogP contribution is 2.03. The molecule has 0 rings (SSSR count). The summed E-state index contributed by atoms with van der Waals surface area (Å²) >= 11 is 0. The Labute approximate surface area is 79.5 Å². The van der Waals surface area contributed by atoms with Gasteiger partial charge in [0, 0.05) is 0 Å². The molecule has 0 aliphatic rings. The van der Waals surface area contributed by atoms with Crippen molar-refractivity contribution in [3.05, 3.63) is 25.3 Å². The number of nitrogens with one attached hydrogen (secondary N) is 1. The summed E-state index contributed by atoms with van der Waals surface area (Å²) in [5, 5.41) is 19.3. The number of carboxylic acid groups (broad SMARTS) is 1. The summed E-state index contributed by atoms with van der Waals surface area (Å²) in [4.78, 5) is 32.1. The van der Waals surface area contributed by atoms with Gasteiger partial charge in [0.15, 0.2) is 0 Å². The number of carbonyl (C=O) groups is 3. The first-order chi connectivity index (χ1) is 6.38. The van der Waals surface area contributed by atoms with E-state index >= 15 is 0 Å². The van der Waals surface area contributed by atoms with Crippen LogP contribution >= 0.6 is 0 Å². The molecular formula is C8H9NO5. The van der Waals surface area contributed by atoms with E-state index in [0.29, 0.717) is 6.08 Å². The first-order valence-corrected chi connectivity index (χ1v) is 3.45. The summed E-state index contributed by atoms with van der Waals surface area (Å²) in [6.45, 7) is 6.03. The lowest BCUT2D eigenvalue weighted by Gasteiger charge is -2.20. The van der Waals surface area contributed by atoms with E-state index in [2.05, 4.69) is 13.2 Å². The average molecular weight is 199 g/mol. The number of amides is 1. The fourth-order valence-corrected chi connectivity index (χ4v) is 0.597. The minimum Gasteiger partial charge on any atom is -0.477 e. The van der Waals surface area contributed by atoms with Gasteiger partial charge in [0.1, 0.15) is 0 Å². The molecule has 14 heavy (non-hydrogen) atoms. The third kappa shape index (κ3) is 2.27. The maximum Gasteiger partial charge on any atom is 0.365 e. The van der Waals surface area contributed by atoms with Gasteiger partial charge in [-0.25, -0.2) is 4.79 Å². The standard InChI is InChI=1S/C8H9NO5/c1-3-5(10)8(14,7(12)13)9-6(11)4-2/h3-4,14H,1-2H2,(H,9,11)(H,12,13). The van der Waals surface area contributed by atoms with Crippen molar-refractivity contribution in [1.29, 1.82) is 0 Å². The van der Waals surface area contributed by atoms with Gasteiger partial charge >= 0.3 is 11.7 Å². The van der Waals surface area contributed by atoms with E-state index in [9.17, 15) is 19.5 Å². The number of ketones is 1. The highest BCUT2D eigenvalue weighted by atomic mass is 16.4. The van der Waals surface area contributed by atoms with Crippen LogP contribution in [0.1, 0.15) is 0 Å². The Balaban J connectivity index is 5.00. The Bertz CT molecular complexity index is 309. The highest BCUT2D eigenvalue weighted by molar-refractivity contribution is 6.13. The van der Waals surface area contributed by atoms with E-state index in [0.717, 1.165) is 6.08 Å². The first-order valence-electron chi connectivity index (χ1n) is 3.45. The predicted octanol–water partition coefficient (Wildman–Crippen LogP) is -1.18. The normalized spacial score (nSPS) is 13.5. The molecule has 0 aromatic heterocycles. The molecule has 0 aliphatic carbocycles. The zero-order valence-corrected chi connectivity index (χ0v) is 7.19. The zero-order chi connectivity index (χ0) is 11.4. The van der Waals surface area contributed by atoms with Gasteiger partial charge in [-0.15, -0.1) is 0 Å². The van der Waals surface area contributed by atoms with Gasteiger partial charge in [-0.1, -0.05) is 13.2 Å². The van der Waals surface area contributed by atoms with Crippen LogP contribution in [0.5, 0.6) is 0 Å². The van der Waals surface area contributed by atoms with Gasteiger partial charge in [0.05, 0.1) is 0 Å². The molecular weight excluding hydrogens is 190 g/mol. The van der Waals surface area contributed by atoms with E-state index in [-0.39, 0.29) is 0 Å². The fraction of sp³-hybridized carbons (Fsp3) is 0.125. The highest BCUT2D eigenvalue weighted by Gasteiger charge is 2.43. The third-order valence-corrected chi connectivity index (χ3v) is 1.34. The van der Waals surface area contributed by atoms with Gasteiger partial charge in [-0.05, 0) is 12.2 Å². The number of aliphatic carboxylic acids is 1. The number of hydrogen-bond donors (Lipinski definition) is 3. The molecule has 1 unspecified atom stereocenters. The molecule has 0 aliphatic heterocycles. The topological polar surface area (TPSA) is 104 Å². The predicted molar refractivity (Wildman–Crippen MR) is 46.1 cm³/mol. The van der Waals surface area contributed by atoms with Gasteiger partial charge in [-0.3, -0.25) is 9.59 Å². The summed E-state index contributed by atoms with van der Waals surface area (Å²) in [5.41, 5.74) is -2.98. The molecule has 0 heterocycles. The Hall–Kier alpha value is -1.95. The van der Waals surface area contributed by atoms with Crippen LogP contribution in [0.3, 0.4) is 0 Å². The van der Waals surface area contributed by atoms with E-state index in [1.165, 1.54) is 0 Å². The van der Waals surface area contributed by atoms with E-state index < -0.39 is 23.4 Å². The summed E-state index contributed by atoms with van der Waals surface area (Å²) in [5.74, 6) is -4.11. The maximum absolute atomic E-state index is 10.9. The van der Waals surface area contributed by atoms with Gasteiger partial charge in [0.2, 0.25) is 11.7 Å². The minimum atomic E-state index is -2.98. The first kappa shape index (κ1) is 12.0. The van der Waals surface area contributed by atoms with Gasteiger partial charge in [0.25, 0.3) is 0 Å².